The number of hydrogen-bond acceptors (Lipinski definition) is 5. The molecule has 1 atom stereocenters. The average molecular weight is 383 g/mol. The van der Waals surface area contributed by atoms with Crippen LogP contribution >= 0.6 is 0 Å². The largest absolute Gasteiger partial charge is 0.494 e. The number of unbranched alkanes of at least 4 members (excludes halogenated alkanes) is 1. The molecule has 1 unspecified atom stereocenters. The van der Waals surface area contributed by atoms with Gasteiger partial charge in [0.05, 0.1) is 25.9 Å². The molecule has 2 aromatic carbocycles. The van der Waals surface area contributed by atoms with Crippen molar-refractivity contribution in [1.82, 2.24) is 5.32 Å². The molecule has 0 bridgehead atoms. The standard InChI is InChI=1S/C23H29NO4/c1-27-23(26)20-12-11-19(22-8-4-5-13-24-22)21-16-17(9-10-18(20)21)28-15-7-3-2-6-14-25/h2,6,9-12,16,22,24-25H,3-5,7-8,13-15H2,1H3/b6-2+. The first-order chi connectivity index (χ1) is 13.7. The van der Waals surface area contributed by atoms with E-state index in [1.54, 1.807) is 6.08 Å². The Morgan fingerprint density at radius 2 is 2.11 bits per heavy atom. The van der Waals surface area contributed by atoms with Crippen LogP contribution in [0.4, 0.5) is 0 Å². The molecule has 1 saturated heterocycles. The third-order valence-corrected chi connectivity index (χ3v) is 5.17. The quantitative estimate of drug-likeness (QED) is 0.407. The van der Waals surface area contributed by atoms with E-state index in [-0.39, 0.29) is 12.6 Å². The maximum atomic E-state index is 12.2. The van der Waals surface area contributed by atoms with Gasteiger partial charge in [0.1, 0.15) is 5.75 Å². The maximum Gasteiger partial charge on any atom is 0.338 e. The second-order valence-electron chi connectivity index (χ2n) is 7.05. The molecule has 5 heteroatoms. The highest BCUT2D eigenvalue weighted by molar-refractivity contribution is 6.06. The van der Waals surface area contributed by atoms with Gasteiger partial charge >= 0.3 is 5.97 Å². The molecule has 0 aliphatic carbocycles. The number of carbonyl (C=O) groups is 1. The Morgan fingerprint density at radius 3 is 2.86 bits per heavy atom. The molecule has 2 N–H and O–H groups in total. The number of hydrogen-bond donors (Lipinski definition) is 2. The number of rotatable bonds is 8. The molecular formula is C23H29NO4. The number of methoxy groups -OCH3 is 1. The third-order valence-electron chi connectivity index (χ3n) is 5.17. The van der Waals surface area contributed by atoms with Crippen LogP contribution in [-0.2, 0) is 4.74 Å². The third kappa shape index (κ3) is 4.91. The highest BCUT2D eigenvalue weighted by Crippen LogP contribution is 2.34. The van der Waals surface area contributed by atoms with E-state index in [4.69, 9.17) is 14.6 Å². The summed E-state index contributed by atoms with van der Waals surface area (Å²) >= 11 is 0. The minimum absolute atomic E-state index is 0.0754. The summed E-state index contributed by atoms with van der Waals surface area (Å²) in [7, 11) is 1.41. The van der Waals surface area contributed by atoms with Crippen molar-refractivity contribution in [2.75, 3.05) is 26.9 Å². The van der Waals surface area contributed by atoms with Crippen molar-refractivity contribution in [2.24, 2.45) is 0 Å². The molecule has 2 aromatic rings. The first kappa shape index (κ1) is 20.4. The van der Waals surface area contributed by atoms with E-state index in [1.165, 1.54) is 25.5 Å². The molecule has 5 nitrogen and oxygen atoms in total. The molecule has 150 valence electrons. The van der Waals surface area contributed by atoms with Crippen LogP contribution in [0.25, 0.3) is 10.8 Å². The van der Waals surface area contributed by atoms with Crippen LogP contribution in [0.3, 0.4) is 0 Å². The predicted molar refractivity (Wildman–Crippen MR) is 111 cm³/mol. The summed E-state index contributed by atoms with van der Waals surface area (Å²) in [5, 5.41) is 14.3. The van der Waals surface area contributed by atoms with Crippen LogP contribution in [0.15, 0.2) is 42.5 Å². The molecule has 3 rings (SSSR count). The second kappa shape index (κ2) is 10.2. The van der Waals surface area contributed by atoms with Gasteiger partial charge in [0.15, 0.2) is 0 Å². The van der Waals surface area contributed by atoms with Gasteiger partial charge in [-0.1, -0.05) is 24.6 Å². The minimum Gasteiger partial charge on any atom is -0.494 e. The van der Waals surface area contributed by atoms with E-state index in [0.29, 0.717) is 18.2 Å². The number of aliphatic hydroxyl groups is 1. The number of piperidine rings is 1. The molecule has 28 heavy (non-hydrogen) atoms. The molecule has 0 spiro atoms. The van der Waals surface area contributed by atoms with Crippen molar-refractivity contribution in [3.8, 4) is 5.75 Å². The monoisotopic (exact) mass is 383 g/mol. The van der Waals surface area contributed by atoms with Gasteiger partial charge in [-0.3, -0.25) is 0 Å². The average Bonchev–Trinajstić information content (AvgIpc) is 2.75. The maximum absolute atomic E-state index is 12.2. The van der Waals surface area contributed by atoms with Gasteiger partial charge < -0.3 is 19.9 Å². The SMILES string of the molecule is COC(=O)c1ccc(C2CCCCN2)c2cc(OCCC/C=C/CO)ccc12. The van der Waals surface area contributed by atoms with E-state index in [9.17, 15) is 4.79 Å². The lowest BCUT2D eigenvalue weighted by Crippen LogP contribution is -2.27. The van der Waals surface area contributed by atoms with E-state index >= 15 is 0 Å². The molecule has 1 heterocycles. The van der Waals surface area contributed by atoms with Crippen LogP contribution in [0.1, 0.15) is 54.1 Å². The zero-order chi connectivity index (χ0) is 19.8. The lowest BCUT2D eigenvalue weighted by atomic mass is 9.91. The van der Waals surface area contributed by atoms with Gasteiger partial charge in [0, 0.05) is 6.04 Å². The topological polar surface area (TPSA) is 67.8 Å². The van der Waals surface area contributed by atoms with Crippen molar-refractivity contribution in [3.05, 3.63) is 53.6 Å². The van der Waals surface area contributed by atoms with Gasteiger partial charge in [-0.2, -0.15) is 0 Å². The fraction of sp³-hybridized carbons (Fsp3) is 0.435. The van der Waals surface area contributed by atoms with Crippen LogP contribution in [0, 0.1) is 0 Å². The summed E-state index contributed by atoms with van der Waals surface area (Å²) in [5.74, 6) is 0.482. The molecule has 1 fully saturated rings. The molecule has 0 aromatic heterocycles. The van der Waals surface area contributed by atoms with Crippen LogP contribution in [0.5, 0.6) is 5.75 Å². The normalized spacial score (nSPS) is 17.1. The first-order valence-corrected chi connectivity index (χ1v) is 10.0. The summed E-state index contributed by atoms with van der Waals surface area (Å²) in [5.41, 5.74) is 1.79. The predicted octanol–water partition coefficient (Wildman–Crippen LogP) is 4.15. The van der Waals surface area contributed by atoms with E-state index in [1.807, 2.05) is 36.4 Å². The van der Waals surface area contributed by atoms with Crippen LogP contribution in [-0.4, -0.2) is 37.9 Å². The summed E-state index contributed by atoms with van der Waals surface area (Å²) < 4.78 is 10.9. The van der Waals surface area contributed by atoms with Gasteiger partial charge in [0.25, 0.3) is 0 Å². The number of esters is 1. The Hall–Kier alpha value is -2.37. The Kier molecular flexibility index (Phi) is 7.46. The summed E-state index contributed by atoms with van der Waals surface area (Å²) in [6, 6.07) is 10.1. The highest BCUT2D eigenvalue weighted by atomic mass is 16.5. The molecule has 1 aliphatic rings. The number of benzene rings is 2. The van der Waals surface area contributed by atoms with Gasteiger partial charge in [-0.15, -0.1) is 0 Å². The number of nitrogens with one attached hydrogen (secondary N) is 1. The van der Waals surface area contributed by atoms with Gasteiger partial charge in [-0.25, -0.2) is 4.79 Å². The molecule has 1 aliphatic heterocycles. The highest BCUT2D eigenvalue weighted by Gasteiger charge is 2.20. The fourth-order valence-corrected chi connectivity index (χ4v) is 3.73. The minimum atomic E-state index is -0.322. The molecular weight excluding hydrogens is 354 g/mol. The Balaban J connectivity index is 1.86. The van der Waals surface area contributed by atoms with E-state index in [0.717, 1.165) is 42.3 Å². The zero-order valence-electron chi connectivity index (χ0n) is 16.4. The van der Waals surface area contributed by atoms with Crippen LogP contribution in [0.2, 0.25) is 0 Å². The zero-order valence-corrected chi connectivity index (χ0v) is 16.4. The van der Waals surface area contributed by atoms with E-state index < -0.39 is 0 Å². The Labute approximate surface area is 166 Å². The van der Waals surface area contributed by atoms with Crippen LogP contribution < -0.4 is 10.1 Å². The van der Waals surface area contributed by atoms with Crippen molar-refractivity contribution in [2.45, 2.75) is 38.1 Å². The summed E-state index contributed by atoms with van der Waals surface area (Å²) in [6.45, 7) is 1.70. The fourth-order valence-electron chi connectivity index (χ4n) is 3.73. The first-order valence-electron chi connectivity index (χ1n) is 10.0. The summed E-state index contributed by atoms with van der Waals surface area (Å²) in [6.07, 6.45) is 8.96. The number of carbonyl (C=O) groups excluding carboxylic acids is 1. The van der Waals surface area contributed by atoms with Crippen molar-refractivity contribution in [3.63, 3.8) is 0 Å². The van der Waals surface area contributed by atoms with Gasteiger partial charge in [-0.05, 0) is 72.8 Å². The second-order valence-corrected chi connectivity index (χ2v) is 7.05. The number of fused-ring (bicyclic) bond motifs is 1. The van der Waals surface area contributed by atoms with Crippen molar-refractivity contribution < 1.29 is 19.4 Å². The molecule has 0 radical (unpaired) electrons. The summed E-state index contributed by atoms with van der Waals surface area (Å²) in [4.78, 5) is 12.2. The lowest BCUT2D eigenvalue weighted by molar-refractivity contribution is 0.0603. The van der Waals surface area contributed by atoms with E-state index in [2.05, 4.69) is 5.32 Å². The molecule has 0 amide bonds. The smallest absolute Gasteiger partial charge is 0.338 e. The Morgan fingerprint density at radius 1 is 1.21 bits per heavy atom. The van der Waals surface area contributed by atoms with Crippen molar-refractivity contribution in [1.29, 1.82) is 0 Å². The van der Waals surface area contributed by atoms with Crippen molar-refractivity contribution >= 4 is 16.7 Å². The number of aliphatic hydroxyl groups excluding tert-OH is 1. The van der Waals surface area contributed by atoms with Gasteiger partial charge in [0.2, 0.25) is 0 Å². The Bertz CT molecular complexity index is 825. The molecule has 0 saturated carbocycles. The number of ether oxygens (including phenoxy) is 2. The lowest BCUT2D eigenvalue weighted by Gasteiger charge is -2.25. The number of allylic oxidation sites excluding steroid dienone is 1.